The molecule has 0 spiro atoms. The van der Waals surface area contributed by atoms with Crippen LogP contribution in [0.4, 0.5) is 0 Å². The summed E-state index contributed by atoms with van der Waals surface area (Å²) < 4.78 is 10.4. The molecule has 120 valence electrons. The minimum absolute atomic E-state index is 0.0342. The number of carbonyl (C=O) groups excluding carboxylic acids is 1. The van der Waals surface area contributed by atoms with E-state index in [1.54, 1.807) is 45.4 Å². The zero-order chi connectivity index (χ0) is 17.0. The molecule has 23 heavy (non-hydrogen) atoms. The van der Waals surface area contributed by atoms with Crippen molar-refractivity contribution in [2.75, 3.05) is 14.2 Å². The van der Waals surface area contributed by atoms with E-state index in [0.29, 0.717) is 17.1 Å². The van der Waals surface area contributed by atoms with Crippen molar-refractivity contribution in [2.45, 2.75) is 13.8 Å². The molecule has 0 saturated heterocycles. The minimum atomic E-state index is -0.250. The van der Waals surface area contributed by atoms with Crippen LogP contribution in [0.15, 0.2) is 36.4 Å². The molecular weight excluding hydrogens is 292 g/mol. The first-order valence-electron chi connectivity index (χ1n) is 7.21. The molecule has 0 bridgehead atoms. The average molecular weight is 312 g/mol. The number of hydrogen-bond donors (Lipinski definition) is 1. The minimum Gasteiger partial charge on any atom is -0.507 e. The van der Waals surface area contributed by atoms with Crippen LogP contribution in [-0.2, 0) is 0 Å². The number of benzene rings is 2. The molecule has 0 saturated carbocycles. The largest absolute Gasteiger partial charge is 0.507 e. The fourth-order valence-corrected chi connectivity index (χ4v) is 2.22. The lowest BCUT2D eigenvalue weighted by atomic mass is 10.0. The van der Waals surface area contributed by atoms with E-state index in [9.17, 15) is 9.90 Å². The van der Waals surface area contributed by atoms with Gasteiger partial charge in [-0.2, -0.15) is 0 Å². The Morgan fingerprint density at radius 3 is 2.39 bits per heavy atom. The number of allylic oxidation sites excluding steroid dienone is 1. The Bertz CT molecular complexity index is 760. The Hall–Kier alpha value is -2.75. The number of ether oxygens (including phenoxy) is 2. The van der Waals surface area contributed by atoms with E-state index >= 15 is 0 Å². The van der Waals surface area contributed by atoms with Gasteiger partial charge in [-0.15, -0.1) is 0 Å². The number of rotatable bonds is 5. The van der Waals surface area contributed by atoms with Gasteiger partial charge in [0.25, 0.3) is 0 Å². The fraction of sp³-hybridized carbons (Fsp3) is 0.211. The lowest BCUT2D eigenvalue weighted by molar-refractivity contribution is 0.104. The van der Waals surface area contributed by atoms with E-state index in [1.807, 2.05) is 19.1 Å². The maximum atomic E-state index is 12.3. The Balaban J connectivity index is 2.27. The van der Waals surface area contributed by atoms with Crippen molar-refractivity contribution in [3.63, 3.8) is 0 Å². The van der Waals surface area contributed by atoms with Crippen LogP contribution >= 0.6 is 0 Å². The maximum absolute atomic E-state index is 12.3. The van der Waals surface area contributed by atoms with Crippen LogP contribution in [0.1, 0.15) is 27.0 Å². The van der Waals surface area contributed by atoms with Crippen LogP contribution < -0.4 is 9.47 Å². The first-order valence-corrected chi connectivity index (χ1v) is 7.21. The third kappa shape index (κ3) is 3.54. The third-order valence-corrected chi connectivity index (χ3v) is 3.80. The topological polar surface area (TPSA) is 55.8 Å². The SMILES string of the molecule is COc1ccc(/C=C/C(=O)c2ccc(C)c(C)c2O)cc1OC. The highest BCUT2D eigenvalue weighted by atomic mass is 16.5. The maximum Gasteiger partial charge on any atom is 0.189 e. The predicted octanol–water partition coefficient (Wildman–Crippen LogP) is 3.92. The molecule has 2 rings (SSSR count). The molecule has 0 aromatic heterocycles. The second kappa shape index (κ2) is 7.01. The van der Waals surface area contributed by atoms with Crippen molar-refractivity contribution >= 4 is 11.9 Å². The van der Waals surface area contributed by atoms with Gasteiger partial charge in [-0.25, -0.2) is 0 Å². The van der Waals surface area contributed by atoms with Crippen LogP contribution in [0.5, 0.6) is 17.2 Å². The Labute approximate surface area is 136 Å². The molecule has 0 fully saturated rings. The van der Waals surface area contributed by atoms with Crippen molar-refractivity contribution in [3.05, 3.63) is 58.7 Å². The van der Waals surface area contributed by atoms with Crippen molar-refractivity contribution < 1.29 is 19.4 Å². The second-order valence-electron chi connectivity index (χ2n) is 5.22. The molecule has 0 radical (unpaired) electrons. The fourth-order valence-electron chi connectivity index (χ4n) is 2.22. The van der Waals surface area contributed by atoms with Gasteiger partial charge in [0.05, 0.1) is 19.8 Å². The summed E-state index contributed by atoms with van der Waals surface area (Å²) in [5.41, 5.74) is 2.77. The molecule has 4 nitrogen and oxygen atoms in total. The number of carbonyl (C=O) groups is 1. The summed E-state index contributed by atoms with van der Waals surface area (Å²) in [6.45, 7) is 3.68. The normalized spacial score (nSPS) is 10.8. The quantitative estimate of drug-likeness (QED) is 0.671. The van der Waals surface area contributed by atoms with Gasteiger partial charge in [0.2, 0.25) is 0 Å². The number of ketones is 1. The molecule has 0 atom stereocenters. The molecule has 0 aliphatic carbocycles. The van der Waals surface area contributed by atoms with Crippen LogP contribution in [0.2, 0.25) is 0 Å². The zero-order valence-electron chi connectivity index (χ0n) is 13.7. The Kier molecular flexibility index (Phi) is 5.06. The van der Waals surface area contributed by atoms with Crippen molar-refractivity contribution in [1.82, 2.24) is 0 Å². The number of phenolic OH excluding ortho intramolecular Hbond substituents is 1. The summed E-state index contributed by atoms with van der Waals surface area (Å²) in [4.78, 5) is 12.3. The predicted molar refractivity (Wildman–Crippen MR) is 90.5 cm³/mol. The van der Waals surface area contributed by atoms with Crippen LogP contribution in [0, 0.1) is 13.8 Å². The summed E-state index contributed by atoms with van der Waals surface area (Å²) in [5, 5.41) is 10.1. The number of methoxy groups -OCH3 is 2. The number of aromatic hydroxyl groups is 1. The summed E-state index contributed by atoms with van der Waals surface area (Å²) in [6.07, 6.45) is 3.12. The molecule has 4 heteroatoms. The van der Waals surface area contributed by atoms with Crippen LogP contribution in [0.3, 0.4) is 0 Å². The highest BCUT2D eigenvalue weighted by Gasteiger charge is 2.12. The molecule has 2 aromatic carbocycles. The van der Waals surface area contributed by atoms with Gasteiger partial charge in [-0.1, -0.05) is 18.2 Å². The van der Waals surface area contributed by atoms with Crippen LogP contribution in [0.25, 0.3) is 6.08 Å². The smallest absolute Gasteiger partial charge is 0.189 e. The number of hydrogen-bond acceptors (Lipinski definition) is 4. The third-order valence-electron chi connectivity index (χ3n) is 3.80. The van der Waals surface area contributed by atoms with Crippen LogP contribution in [-0.4, -0.2) is 25.1 Å². The molecule has 0 aliphatic heterocycles. The zero-order valence-corrected chi connectivity index (χ0v) is 13.7. The highest BCUT2D eigenvalue weighted by molar-refractivity contribution is 6.08. The van der Waals surface area contributed by atoms with Crippen molar-refractivity contribution in [1.29, 1.82) is 0 Å². The molecular formula is C19H20O4. The van der Waals surface area contributed by atoms with Gasteiger partial charge in [0.15, 0.2) is 17.3 Å². The van der Waals surface area contributed by atoms with E-state index in [0.717, 1.165) is 16.7 Å². The molecule has 0 aliphatic rings. The summed E-state index contributed by atoms with van der Waals surface area (Å²) in [7, 11) is 3.13. The number of aryl methyl sites for hydroxylation is 1. The van der Waals surface area contributed by atoms with Gasteiger partial charge >= 0.3 is 0 Å². The second-order valence-corrected chi connectivity index (χ2v) is 5.22. The Morgan fingerprint density at radius 2 is 1.74 bits per heavy atom. The van der Waals surface area contributed by atoms with Gasteiger partial charge in [0, 0.05) is 0 Å². The molecule has 0 heterocycles. The average Bonchev–Trinajstić information content (AvgIpc) is 2.57. The number of phenols is 1. The molecule has 2 aromatic rings. The van der Waals surface area contributed by atoms with Gasteiger partial charge in [0.1, 0.15) is 5.75 Å². The molecule has 1 N–H and O–H groups in total. The van der Waals surface area contributed by atoms with Crippen molar-refractivity contribution in [2.24, 2.45) is 0 Å². The van der Waals surface area contributed by atoms with Gasteiger partial charge in [-0.3, -0.25) is 4.79 Å². The monoisotopic (exact) mass is 312 g/mol. The van der Waals surface area contributed by atoms with E-state index in [-0.39, 0.29) is 11.5 Å². The van der Waals surface area contributed by atoms with Crippen molar-refractivity contribution in [3.8, 4) is 17.2 Å². The lowest BCUT2D eigenvalue weighted by Crippen LogP contribution is -1.97. The first kappa shape index (κ1) is 16.6. The van der Waals surface area contributed by atoms with E-state index < -0.39 is 0 Å². The van der Waals surface area contributed by atoms with E-state index in [2.05, 4.69) is 0 Å². The van der Waals surface area contributed by atoms with E-state index in [1.165, 1.54) is 6.08 Å². The van der Waals surface area contributed by atoms with Gasteiger partial charge in [-0.05, 0) is 54.8 Å². The summed E-state index contributed by atoms with van der Waals surface area (Å²) in [5.74, 6) is 1.01. The summed E-state index contributed by atoms with van der Waals surface area (Å²) in [6, 6.07) is 8.84. The highest BCUT2D eigenvalue weighted by Crippen LogP contribution is 2.29. The van der Waals surface area contributed by atoms with Gasteiger partial charge < -0.3 is 14.6 Å². The first-order chi connectivity index (χ1) is 11.0. The molecule has 0 unspecified atom stereocenters. The van der Waals surface area contributed by atoms with E-state index in [4.69, 9.17) is 9.47 Å². The molecule has 0 amide bonds. The lowest BCUT2D eigenvalue weighted by Gasteiger charge is -2.08. The Morgan fingerprint density at radius 1 is 1.04 bits per heavy atom. The summed E-state index contributed by atoms with van der Waals surface area (Å²) >= 11 is 0. The standard InChI is InChI=1S/C19H20O4/c1-12-5-8-15(19(21)13(12)2)16(20)9-6-14-7-10-17(22-3)18(11-14)23-4/h5-11,21H,1-4H3/b9-6+.